The van der Waals surface area contributed by atoms with Crippen molar-refractivity contribution < 1.29 is 26.7 Å². The molecule has 1 aromatic rings. The maximum absolute atomic E-state index is 15.2. The van der Waals surface area contributed by atoms with E-state index in [1.165, 1.54) is 12.1 Å². The Morgan fingerprint density at radius 1 is 1.29 bits per heavy atom. The smallest absolute Gasteiger partial charge is 0.368 e. The van der Waals surface area contributed by atoms with Crippen LogP contribution in [0.1, 0.15) is 30.4 Å². The van der Waals surface area contributed by atoms with Gasteiger partial charge in [-0.05, 0) is 37.3 Å². The number of hydrogen-bond acceptors (Lipinski definition) is 3. The van der Waals surface area contributed by atoms with E-state index in [4.69, 9.17) is 5.73 Å². The summed E-state index contributed by atoms with van der Waals surface area (Å²) >= 11 is 0. The second-order valence-corrected chi connectivity index (χ2v) is 8.06. The van der Waals surface area contributed by atoms with Crippen LogP contribution < -0.4 is 11.1 Å². The summed E-state index contributed by atoms with van der Waals surface area (Å²) in [5, 5.41) is 3.21. The number of primary amides is 1. The highest BCUT2D eigenvalue weighted by Crippen LogP contribution is 2.55. The minimum atomic E-state index is -4.84. The summed E-state index contributed by atoms with van der Waals surface area (Å²) in [5.41, 5.74) is 2.84. The van der Waals surface area contributed by atoms with E-state index < -0.39 is 41.2 Å². The Kier molecular flexibility index (Phi) is 4.65. The molecule has 4 rings (SSSR count). The van der Waals surface area contributed by atoms with Crippen molar-refractivity contribution in [2.75, 3.05) is 19.6 Å². The van der Waals surface area contributed by atoms with Crippen molar-refractivity contribution in [3.05, 3.63) is 35.1 Å². The minimum Gasteiger partial charge on any atom is -0.368 e. The van der Waals surface area contributed by atoms with Crippen molar-refractivity contribution >= 4 is 5.91 Å². The Balaban J connectivity index is 1.90. The van der Waals surface area contributed by atoms with E-state index in [0.717, 1.165) is 0 Å². The molecule has 1 aliphatic carbocycles. The number of likely N-dealkylation sites (tertiary alicyclic amines) is 1. The zero-order valence-corrected chi connectivity index (χ0v) is 15.1. The van der Waals surface area contributed by atoms with Crippen LogP contribution in [0.5, 0.6) is 0 Å². The molecule has 1 saturated carbocycles. The van der Waals surface area contributed by atoms with E-state index in [9.17, 15) is 22.4 Å². The summed E-state index contributed by atoms with van der Waals surface area (Å²) in [4.78, 5) is 13.6. The second-order valence-electron chi connectivity index (χ2n) is 8.06. The molecule has 0 bridgehead atoms. The number of benzene rings is 1. The molecule has 2 heterocycles. The molecule has 0 aromatic heterocycles. The van der Waals surface area contributed by atoms with Gasteiger partial charge in [-0.2, -0.15) is 13.2 Å². The standard InChI is InChI=1S/C19H22F5N3O/c20-11-6-15(17(25)28)27(9-11)18(5-4-10-7-26-8-14(10)18)12-2-1-3-13(16(12)21)19(22,23)24/h1-3,10-11,14-15,26H,4-9H2,(H2,25,28)/t10-,11-,14+,15+,18-/m1/s1. The van der Waals surface area contributed by atoms with Gasteiger partial charge in [-0.3, -0.25) is 9.69 Å². The van der Waals surface area contributed by atoms with E-state index in [-0.39, 0.29) is 30.4 Å². The van der Waals surface area contributed by atoms with Crippen LogP contribution >= 0.6 is 0 Å². The first-order valence-electron chi connectivity index (χ1n) is 9.43. The van der Waals surface area contributed by atoms with Crippen molar-refractivity contribution in [2.24, 2.45) is 17.6 Å². The van der Waals surface area contributed by atoms with Gasteiger partial charge in [0, 0.05) is 25.1 Å². The molecule has 154 valence electrons. The number of carbonyl (C=O) groups is 1. The number of halogens is 5. The molecule has 0 unspecified atom stereocenters. The number of nitrogens with two attached hydrogens (primary N) is 1. The fourth-order valence-electron chi connectivity index (χ4n) is 5.61. The van der Waals surface area contributed by atoms with Crippen molar-refractivity contribution in [2.45, 2.75) is 43.2 Å². The molecule has 4 nitrogen and oxygen atoms in total. The Morgan fingerprint density at radius 3 is 2.71 bits per heavy atom. The van der Waals surface area contributed by atoms with Crippen LogP contribution in [0, 0.1) is 17.7 Å². The van der Waals surface area contributed by atoms with Crippen LogP contribution in [0.25, 0.3) is 0 Å². The Morgan fingerprint density at radius 2 is 2.04 bits per heavy atom. The third-order valence-electron chi connectivity index (χ3n) is 6.71. The van der Waals surface area contributed by atoms with Crippen LogP contribution in [0.4, 0.5) is 22.0 Å². The lowest BCUT2D eigenvalue weighted by atomic mass is 9.76. The van der Waals surface area contributed by atoms with E-state index in [1.807, 2.05) is 0 Å². The maximum Gasteiger partial charge on any atom is 0.419 e. The molecule has 0 spiro atoms. The van der Waals surface area contributed by atoms with Crippen molar-refractivity contribution in [1.29, 1.82) is 0 Å². The summed E-state index contributed by atoms with van der Waals surface area (Å²) in [6, 6.07) is 2.26. The Hall–Kier alpha value is -1.74. The number of alkyl halides is 4. The van der Waals surface area contributed by atoms with Crippen LogP contribution in [-0.4, -0.2) is 42.7 Å². The number of nitrogens with one attached hydrogen (secondary N) is 1. The predicted octanol–water partition coefficient (Wildman–Crippen LogP) is 2.57. The SMILES string of the molecule is NC(=O)[C@@H]1C[C@@H](F)CN1[C@@]1(c2cccc(C(F)(F)F)c2F)CC[C@@H]2CNC[C@@H]21. The van der Waals surface area contributed by atoms with Crippen molar-refractivity contribution in [1.82, 2.24) is 10.2 Å². The van der Waals surface area contributed by atoms with Gasteiger partial charge in [-0.25, -0.2) is 8.78 Å². The monoisotopic (exact) mass is 403 g/mol. The van der Waals surface area contributed by atoms with Gasteiger partial charge in [0.25, 0.3) is 0 Å². The zero-order valence-electron chi connectivity index (χ0n) is 15.1. The van der Waals surface area contributed by atoms with Gasteiger partial charge in [0.1, 0.15) is 12.0 Å². The fraction of sp³-hybridized carbons (Fsp3) is 0.632. The summed E-state index contributed by atoms with van der Waals surface area (Å²) in [7, 11) is 0. The number of carbonyl (C=O) groups excluding carboxylic acids is 1. The van der Waals surface area contributed by atoms with Gasteiger partial charge >= 0.3 is 6.18 Å². The molecule has 28 heavy (non-hydrogen) atoms. The van der Waals surface area contributed by atoms with E-state index in [0.29, 0.717) is 32.0 Å². The average molecular weight is 403 g/mol. The maximum atomic E-state index is 15.2. The van der Waals surface area contributed by atoms with Crippen molar-refractivity contribution in [3.63, 3.8) is 0 Å². The number of nitrogens with zero attached hydrogens (tertiary/aromatic N) is 1. The highest BCUT2D eigenvalue weighted by atomic mass is 19.4. The third-order valence-corrected chi connectivity index (χ3v) is 6.71. The fourth-order valence-corrected chi connectivity index (χ4v) is 5.61. The van der Waals surface area contributed by atoms with Crippen LogP contribution in [0.15, 0.2) is 18.2 Å². The summed E-state index contributed by atoms with van der Waals surface area (Å²) in [5.74, 6) is -2.17. The predicted molar refractivity (Wildman–Crippen MR) is 91.4 cm³/mol. The average Bonchev–Trinajstić information content (AvgIpc) is 3.29. The van der Waals surface area contributed by atoms with E-state index in [2.05, 4.69) is 5.32 Å². The molecule has 3 aliphatic rings. The lowest BCUT2D eigenvalue weighted by molar-refractivity contribution is -0.140. The number of fused-ring (bicyclic) bond motifs is 1. The largest absolute Gasteiger partial charge is 0.419 e. The third kappa shape index (κ3) is 2.82. The van der Waals surface area contributed by atoms with Gasteiger partial charge in [0.2, 0.25) is 5.91 Å². The minimum absolute atomic E-state index is 0.112. The topological polar surface area (TPSA) is 58.4 Å². The highest BCUT2D eigenvalue weighted by molar-refractivity contribution is 5.80. The van der Waals surface area contributed by atoms with Crippen molar-refractivity contribution in [3.8, 4) is 0 Å². The molecule has 0 radical (unpaired) electrons. The molecule has 9 heteroatoms. The highest BCUT2D eigenvalue weighted by Gasteiger charge is 2.60. The lowest BCUT2D eigenvalue weighted by Gasteiger charge is -2.46. The molecular weight excluding hydrogens is 381 g/mol. The van der Waals surface area contributed by atoms with Crippen LogP contribution in [0.2, 0.25) is 0 Å². The zero-order chi connectivity index (χ0) is 20.3. The first-order chi connectivity index (χ1) is 13.2. The summed E-state index contributed by atoms with van der Waals surface area (Å²) in [6.07, 6.45) is -5.28. The molecule has 1 aromatic carbocycles. The molecule has 3 N–H and O–H groups in total. The Labute approximate surface area is 159 Å². The number of amides is 1. The number of rotatable bonds is 3. The Bertz CT molecular complexity index is 785. The van der Waals surface area contributed by atoms with Gasteiger partial charge < -0.3 is 11.1 Å². The van der Waals surface area contributed by atoms with Gasteiger partial charge in [0.15, 0.2) is 0 Å². The van der Waals surface area contributed by atoms with E-state index in [1.54, 1.807) is 4.90 Å². The van der Waals surface area contributed by atoms with Crippen LogP contribution in [0.3, 0.4) is 0 Å². The normalized spacial score (nSPS) is 36.0. The molecule has 2 aliphatic heterocycles. The van der Waals surface area contributed by atoms with Gasteiger partial charge in [0.05, 0.1) is 17.1 Å². The summed E-state index contributed by atoms with van der Waals surface area (Å²) in [6.45, 7) is 0.993. The lowest BCUT2D eigenvalue weighted by Crippen LogP contribution is -2.56. The quantitative estimate of drug-likeness (QED) is 0.763. The second kappa shape index (κ2) is 6.66. The molecule has 3 fully saturated rings. The first-order valence-corrected chi connectivity index (χ1v) is 9.43. The molecular formula is C19H22F5N3O. The first kappa shape index (κ1) is 19.6. The van der Waals surface area contributed by atoms with Gasteiger partial charge in [-0.15, -0.1) is 0 Å². The number of hydrogen-bond donors (Lipinski definition) is 2. The van der Waals surface area contributed by atoms with Crippen LogP contribution in [-0.2, 0) is 16.5 Å². The molecule has 1 amide bonds. The summed E-state index contributed by atoms with van der Waals surface area (Å²) < 4.78 is 69.6. The van der Waals surface area contributed by atoms with Gasteiger partial charge in [-0.1, -0.05) is 12.1 Å². The molecule has 5 atom stereocenters. The molecule has 2 saturated heterocycles. The van der Waals surface area contributed by atoms with E-state index >= 15 is 4.39 Å².